The molecule has 1 rings (SSSR count). The smallest absolute Gasteiger partial charge is 0.248 e. The van der Waals surface area contributed by atoms with Crippen LogP contribution in [0.25, 0.3) is 0 Å². The first-order valence-corrected chi connectivity index (χ1v) is 3.85. The molecule has 0 aliphatic carbocycles. The fraction of sp³-hybridized carbons (Fsp3) is 0.857. The summed E-state index contributed by atoms with van der Waals surface area (Å²) in [7, 11) is 0. The molecule has 3 N–H and O–H groups in total. The second-order valence-corrected chi connectivity index (χ2v) is 2.90. The van der Waals surface area contributed by atoms with Gasteiger partial charge >= 0.3 is 0 Å². The van der Waals surface area contributed by atoms with Gasteiger partial charge in [-0.2, -0.15) is 0 Å². The summed E-state index contributed by atoms with van der Waals surface area (Å²) in [6, 6.07) is -0.382. The third-order valence-corrected chi connectivity index (χ3v) is 1.76. The van der Waals surface area contributed by atoms with Crippen LogP contribution in [0.1, 0.15) is 6.92 Å². The van der Waals surface area contributed by atoms with Crippen LogP contribution in [0, 0.1) is 0 Å². The zero-order valence-corrected chi connectivity index (χ0v) is 6.86. The molecule has 0 spiro atoms. The molecule has 1 fully saturated rings. The van der Waals surface area contributed by atoms with Gasteiger partial charge in [-0.15, -0.1) is 0 Å². The molecule has 0 radical (unpaired) electrons. The van der Waals surface area contributed by atoms with E-state index >= 15 is 0 Å². The molecule has 70 valence electrons. The Morgan fingerprint density at radius 3 is 2.75 bits per heavy atom. The number of ether oxygens (including phenoxy) is 1. The van der Waals surface area contributed by atoms with Gasteiger partial charge < -0.3 is 20.3 Å². The molecule has 3 atom stereocenters. The van der Waals surface area contributed by atoms with E-state index in [1.807, 2.05) is 0 Å². The van der Waals surface area contributed by atoms with Gasteiger partial charge in [-0.05, 0) is 6.92 Å². The zero-order chi connectivity index (χ0) is 9.14. The maximum atomic E-state index is 10.9. The van der Waals surface area contributed by atoms with Crippen molar-refractivity contribution in [2.24, 2.45) is 0 Å². The highest BCUT2D eigenvalue weighted by Crippen LogP contribution is 2.04. The van der Waals surface area contributed by atoms with Crippen molar-refractivity contribution >= 4 is 5.91 Å². The van der Waals surface area contributed by atoms with Crippen molar-refractivity contribution in [3.05, 3.63) is 0 Å². The molecule has 1 heterocycles. The molecule has 5 heteroatoms. The molecule has 5 nitrogen and oxygen atoms in total. The van der Waals surface area contributed by atoms with Crippen molar-refractivity contribution in [1.29, 1.82) is 0 Å². The SMILES string of the molecule is C[C@@H](O)C(=O)NC1COCC1O. The summed E-state index contributed by atoms with van der Waals surface area (Å²) in [5.41, 5.74) is 0. The Morgan fingerprint density at radius 1 is 1.67 bits per heavy atom. The molecule has 1 aliphatic rings. The Kier molecular flexibility index (Phi) is 3.02. The van der Waals surface area contributed by atoms with Crippen molar-refractivity contribution in [3.63, 3.8) is 0 Å². The van der Waals surface area contributed by atoms with Crippen molar-refractivity contribution < 1.29 is 19.7 Å². The molecule has 1 saturated heterocycles. The number of carbonyl (C=O) groups excluding carboxylic acids is 1. The van der Waals surface area contributed by atoms with Crippen LogP contribution in [0.3, 0.4) is 0 Å². The Morgan fingerprint density at radius 2 is 2.33 bits per heavy atom. The molecule has 1 aliphatic heterocycles. The minimum atomic E-state index is -1.04. The van der Waals surface area contributed by atoms with Gasteiger partial charge in [0, 0.05) is 0 Å². The van der Waals surface area contributed by atoms with E-state index in [0.29, 0.717) is 6.61 Å². The van der Waals surface area contributed by atoms with Gasteiger partial charge in [0.15, 0.2) is 0 Å². The third-order valence-electron chi connectivity index (χ3n) is 1.76. The van der Waals surface area contributed by atoms with E-state index in [1.54, 1.807) is 0 Å². The number of carbonyl (C=O) groups is 1. The van der Waals surface area contributed by atoms with E-state index in [9.17, 15) is 9.90 Å². The first-order chi connectivity index (χ1) is 5.61. The van der Waals surface area contributed by atoms with Crippen LogP contribution < -0.4 is 5.32 Å². The number of hydrogen-bond acceptors (Lipinski definition) is 4. The second kappa shape index (κ2) is 3.84. The van der Waals surface area contributed by atoms with Gasteiger partial charge in [0.05, 0.1) is 25.4 Å². The molecular formula is C7H13NO4. The summed E-state index contributed by atoms with van der Waals surface area (Å²) < 4.78 is 4.90. The largest absolute Gasteiger partial charge is 0.388 e. The maximum absolute atomic E-state index is 10.9. The molecule has 0 bridgehead atoms. The lowest BCUT2D eigenvalue weighted by molar-refractivity contribution is -0.129. The van der Waals surface area contributed by atoms with Crippen molar-refractivity contribution in [3.8, 4) is 0 Å². The summed E-state index contributed by atoms with van der Waals surface area (Å²) in [6.07, 6.45) is -1.70. The van der Waals surface area contributed by atoms with E-state index in [-0.39, 0.29) is 12.6 Å². The minimum Gasteiger partial charge on any atom is -0.388 e. The fourth-order valence-corrected chi connectivity index (χ4v) is 0.984. The first kappa shape index (κ1) is 9.44. The standard InChI is InChI=1S/C7H13NO4/c1-4(9)7(11)8-5-2-12-3-6(5)10/h4-6,9-10H,2-3H2,1H3,(H,8,11)/t4-,5?,6?/m1/s1. The van der Waals surface area contributed by atoms with Crippen LogP contribution >= 0.6 is 0 Å². The second-order valence-electron chi connectivity index (χ2n) is 2.90. The number of hydrogen-bond donors (Lipinski definition) is 3. The maximum Gasteiger partial charge on any atom is 0.248 e. The highest BCUT2D eigenvalue weighted by Gasteiger charge is 2.28. The quantitative estimate of drug-likeness (QED) is 0.464. The minimum absolute atomic E-state index is 0.241. The predicted octanol–water partition coefficient (Wildman–Crippen LogP) is -1.76. The first-order valence-electron chi connectivity index (χ1n) is 3.85. The zero-order valence-electron chi connectivity index (χ0n) is 6.86. The third kappa shape index (κ3) is 2.17. The predicted molar refractivity (Wildman–Crippen MR) is 40.4 cm³/mol. The van der Waals surface area contributed by atoms with Gasteiger partial charge in [-0.1, -0.05) is 0 Å². The van der Waals surface area contributed by atoms with E-state index in [2.05, 4.69) is 5.32 Å². The van der Waals surface area contributed by atoms with Gasteiger partial charge in [-0.3, -0.25) is 4.79 Å². The lowest BCUT2D eigenvalue weighted by atomic mass is 10.2. The number of nitrogens with one attached hydrogen (secondary N) is 1. The van der Waals surface area contributed by atoms with Gasteiger partial charge in [0.25, 0.3) is 0 Å². The van der Waals surface area contributed by atoms with Gasteiger partial charge in [-0.25, -0.2) is 0 Å². The van der Waals surface area contributed by atoms with Crippen LogP contribution in [-0.4, -0.2) is 47.6 Å². The van der Waals surface area contributed by atoms with Crippen LogP contribution in [-0.2, 0) is 9.53 Å². The molecule has 0 saturated carbocycles. The average Bonchev–Trinajstić information content (AvgIpc) is 2.36. The monoisotopic (exact) mass is 175 g/mol. The summed E-state index contributed by atoms with van der Waals surface area (Å²) in [4.78, 5) is 10.9. The topological polar surface area (TPSA) is 78.8 Å². The highest BCUT2D eigenvalue weighted by molar-refractivity contribution is 5.80. The lowest BCUT2D eigenvalue weighted by Gasteiger charge is -2.15. The average molecular weight is 175 g/mol. The van der Waals surface area contributed by atoms with Crippen LogP contribution in [0.4, 0.5) is 0 Å². The van der Waals surface area contributed by atoms with Crippen LogP contribution in [0.2, 0.25) is 0 Å². The number of aliphatic hydroxyl groups is 2. The lowest BCUT2D eigenvalue weighted by Crippen LogP contribution is -2.46. The molecule has 1 amide bonds. The van der Waals surface area contributed by atoms with Crippen molar-refractivity contribution in [2.75, 3.05) is 13.2 Å². The fourth-order valence-electron chi connectivity index (χ4n) is 0.984. The number of rotatable bonds is 2. The van der Waals surface area contributed by atoms with E-state index in [0.717, 1.165) is 0 Å². The Bertz CT molecular complexity index is 171. The van der Waals surface area contributed by atoms with Gasteiger partial charge in [0.2, 0.25) is 5.91 Å². The highest BCUT2D eigenvalue weighted by atomic mass is 16.5. The molecule has 0 aromatic heterocycles. The molecule has 12 heavy (non-hydrogen) atoms. The van der Waals surface area contributed by atoms with E-state index < -0.39 is 18.1 Å². The summed E-state index contributed by atoms with van der Waals surface area (Å²) in [5.74, 6) is -0.482. The van der Waals surface area contributed by atoms with Crippen molar-refractivity contribution in [2.45, 2.75) is 25.2 Å². The summed E-state index contributed by atoms with van der Waals surface area (Å²) >= 11 is 0. The Labute approximate surface area is 70.3 Å². The molecular weight excluding hydrogens is 162 g/mol. The van der Waals surface area contributed by atoms with Gasteiger partial charge in [0.1, 0.15) is 6.10 Å². The molecule has 2 unspecified atom stereocenters. The van der Waals surface area contributed by atoms with E-state index in [4.69, 9.17) is 9.84 Å². The summed E-state index contributed by atoms with van der Waals surface area (Å²) in [6.45, 7) is 1.92. The molecule has 0 aromatic rings. The van der Waals surface area contributed by atoms with Crippen LogP contribution in [0.15, 0.2) is 0 Å². The van der Waals surface area contributed by atoms with E-state index in [1.165, 1.54) is 6.92 Å². The number of aliphatic hydroxyl groups excluding tert-OH is 2. The Hall–Kier alpha value is -0.650. The van der Waals surface area contributed by atoms with Crippen molar-refractivity contribution in [1.82, 2.24) is 5.32 Å². The number of amides is 1. The Balaban J connectivity index is 2.35. The normalized spacial score (nSPS) is 31.6. The summed E-state index contributed by atoms with van der Waals surface area (Å²) in [5, 5.41) is 20.5. The van der Waals surface area contributed by atoms with Crippen LogP contribution in [0.5, 0.6) is 0 Å². The molecule has 0 aromatic carbocycles.